The lowest BCUT2D eigenvalue weighted by molar-refractivity contribution is -0.116. The molecule has 4 nitrogen and oxygen atoms in total. The van der Waals surface area contributed by atoms with Gasteiger partial charge in [-0.25, -0.2) is 0 Å². The zero-order valence-corrected chi connectivity index (χ0v) is 13.9. The lowest BCUT2D eigenvalue weighted by Gasteiger charge is -2.47. The smallest absolute Gasteiger partial charge is 0.0713 e. The molecule has 1 spiro atoms. The third-order valence-corrected chi connectivity index (χ3v) is 6.32. The molecule has 0 radical (unpaired) electrons. The maximum absolute atomic E-state index is 6.22. The van der Waals surface area contributed by atoms with Crippen LogP contribution in [0.25, 0.3) is 0 Å². The minimum Gasteiger partial charge on any atom is -0.377 e. The first-order valence-corrected chi connectivity index (χ1v) is 9.74. The molecule has 21 heavy (non-hydrogen) atoms. The highest BCUT2D eigenvalue weighted by Crippen LogP contribution is 2.39. The van der Waals surface area contributed by atoms with Gasteiger partial charge in [0.1, 0.15) is 0 Å². The monoisotopic (exact) mass is 314 g/mol. The lowest BCUT2D eigenvalue weighted by atomic mass is 9.84. The first-order chi connectivity index (χ1) is 10.3. The molecule has 0 aromatic carbocycles. The Morgan fingerprint density at radius 2 is 1.95 bits per heavy atom. The number of rotatable bonds is 4. The van der Waals surface area contributed by atoms with Crippen LogP contribution in [0.2, 0.25) is 0 Å². The number of piperidine rings is 1. The summed E-state index contributed by atoms with van der Waals surface area (Å²) in [6.45, 7) is 4.68. The van der Waals surface area contributed by atoms with Crippen LogP contribution in [0, 0.1) is 0 Å². The molecule has 3 aliphatic heterocycles. The van der Waals surface area contributed by atoms with Gasteiger partial charge >= 0.3 is 0 Å². The van der Waals surface area contributed by atoms with Crippen LogP contribution in [-0.2, 0) is 9.47 Å². The molecule has 3 fully saturated rings. The Bertz CT molecular complexity index is 310. The molecule has 3 aliphatic rings. The topological polar surface area (TPSA) is 47.7 Å². The molecule has 3 rings (SSSR count). The molecule has 5 heteroatoms. The number of hydrogen-bond acceptors (Lipinski definition) is 5. The van der Waals surface area contributed by atoms with Gasteiger partial charge in [-0.3, -0.25) is 4.90 Å². The normalized spacial score (nSPS) is 31.6. The van der Waals surface area contributed by atoms with Gasteiger partial charge in [0, 0.05) is 32.3 Å². The second-order valence-corrected chi connectivity index (χ2v) is 7.91. The van der Waals surface area contributed by atoms with Gasteiger partial charge in [-0.05, 0) is 50.0 Å². The average Bonchev–Trinajstić information content (AvgIpc) is 2.54. The first kappa shape index (κ1) is 16.1. The van der Waals surface area contributed by atoms with Crippen LogP contribution in [0.15, 0.2) is 0 Å². The van der Waals surface area contributed by atoms with Gasteiger partial charge < -0.3 is 15.2 Å². The molecule has 2 N–H and O–H groups in total. The summed E-state index contributed by atoms with van der Waals surface area (Å²) in [6, 6.07) is 0.734. The van der Waals surface area contributed by atoms with Crippen LogP contribution < -0.4 is 5.73 Å². The quantitative estimate of drug-likeness (QED) is 0.858. The summed E-state index contributed by atoms with van der Waals surface area (Å²) < 4.78 is 12.0. The van der Waals surface area contributed by atoms with Gasteiger partial charge in [-0.1, -0.05) is 0 Å². The Balaban J connectivity index is 1.48. The molecule has 0 saturated carbocycles. The third-order valence-electron chi connectivity index (χ3n) is 5.34. The van der Waals surface area contributed by atoms with E-state index in [-0.39, 0.29) is 5.60 Å². The molecule has 122 valence electrons. The molecule has 0 aliphatic carbocycles. The van der Waals surface area contributed by atoms with Gasteiger partial charge in [0.15, 0.2) is 0 Å². The zero-order valence-electron chi connectivity index (χ0n) is 13.1. The Morgan fingerprint density at radius 1 is 1.19 bits per heavy atom. The van der Waals surface area contributed by atoms with Crippen molar-refractivity contribution in [3.63, 3.8) is 0 Å². The van der Waals surface area contributed by atoms with Crippen molar-refractivity contribution in [3.05, 3.63) is 0 Å². The fourth-order valence-corrected chi connectivity index (χ4v) is 5.28. The summed E-state index contributed by atoms with van der Waals surface area (Å²) in [5.74, 6) is 2.56. The van der Waals surface area contributed by atoms with Crippen LogP contribution >= 0.6 is 11.8 Å². The van der Waals surface area contributed by atoms with E-state index in [1.54, 1.807) is 0 Å². The number of ether oxygens (including phenoxy) is 2. The second-order valence-electron chi connectivity index (χ2n) is 6.69. The second kappa shape index (κ2) is 7.64. The summed E-state index contributed by atoms with van der Waals surface area (Å²) >= 11 is 2.09. The molecular weight excluding hydrogens is 284 g/mol. The van der Waals surface area contributed by atoms with E-state index in [2.05, 4.69) is 16.7 Å². The Hall–Kier alpha value is 0.190. The van der Waals surface area contributed by atoms with Crippen LogP contribution in [-0.4, -0.2) is 67.0 Å². The molecule has 3 saturated heterocycles. The van der Waals surface area contributed by atoms with Crippen molar-refractivity contribution in [2.75, 3.05) is 44.4 Å². The Kier molecular flexibility index (Phi) is 5.85. The van der Waals surface area contributed by atoms with Crippen molar-refractivity contribution >= 4 is 11.8 Å². The highest BCUT2D eigenvalue weighted by Gasteiger charge is 2.41. The maximum atomic E-state index is 6.22. The Morgan fingerprint density at radius 3 is 2.67 bits per heavy atom. The van der Waals surface area contributed by atoms with Gasteiger partial charge in [-0.2, -0.15) is 11.8 Å². The zero-order chi connectivity index (χ0) is 14.5. The van der Waals surface area contributed by atoms with Crippen molar-refractivity contribution in [1.82, 2.24) is 4.90 Å². The summed E-state index contributed by atoms with van der Waals surface area (Å²) in [4.78, 5) is 2.70. The van der Waals surface area contributed by atoms with Crippen LogP contribution in [0.1, 0.15) is 38.5 Å². The van der Waals surface area contributed by atoms with Crippen LogP contribution in [0.3, 0.4) is 0 Å². The fraction of sp³-hybridized carbons (Fsp3) is 1.00. The van der Waals surface area contributed by atoms with Gasteiger partial charge in [0.25, 0.3) is 0 Å². The summed E-state index contributed by atoms with van der Waals surface area (Å²) in [5.41, 5.74) is 5.73. The highest BCUT2D eigenvalue weighted by molar-refractivity contribution is 7.99. The van der Waals surface area contributed by atoms with Crippen LogP contribution in [0.5, 0.6) is 0 Å². The molecular formula is C16H30N2O2S. The van der Waals surface area contributed by atoms with E-state index in [1.165, 1.54) is 63.1 Å². The number of hydrogen-bond donors (Lipinski definition) is 1. The molecule has 0 aromatic heterocycles. The molecule has 0 bridgehead atoms. The summed E-state index contributed by atoms with van der Waals surface area (Å²) in [7, 11) is 0. The van der Waals surface area contributed by atoms with E-state index in [4.69, 9.17) is 15.2 Å². The highest BCUT2D eigenvalue weighted by atomic mass is 32.2. The largest absolute Gasteiger partial charge is 0.377 e. The van der Waals surface area contributed by atoms with E-state index < -0.39 is 0 Å². The van der Waals surface area contributed by atoms with E-state index in [0.717, 1.165) is 12.6 Å². The summed E-state index contributed by atoms with van der Waals surface area (Å²) in [6.07, 6.45) is 7.74. The third kappa shape index (κ3) is 4.14. The van der Waals surface area contributed by atoms with Crippen LogP contribution in [0.4, 0.5) is 0 Å². The van der Waals surface area contributed by atoms with E-state index in [9.17, 15) is 0 Å². The number of thioether (sulfide) groups is 1. The minimum absolute atomic E-state index is 0.209. The van der Waals surface area contributed by atoms with Crippen molar-refractivity contribution < 1.29 is 9.47 Å². The number of nitrogens with two attached hydrogens (primary N) is 1. The van der Waals surface area contributed by atoms with E-state index in [1.807, 2.05) is 0 Å². The van der Waals surface area contributed by atoms with Crippen molar-refractivity contribution in [2.45, 2.75) is 56.3 Å². The first-order valence-electron chi connectivity index (χ1n) is 8.59. The minimum atomic E-state index is 0.209. The fourth-order valence-electron chi connectivity index (χ4n) is 4.05. The lowest BCUT2D eigenvalue weighted by Crippen LogP contribution is -2.52. The molecule has 1 unspecified atom stereocenters. The standard InChI is InChI=1S/C16H30N2O2S/c17-6-10-19-15-1-7-18(8-2-15)14-3-9-20-16(13-14)4-11-21-12-5-16/h14-15H,1-13,17H2. The molecule has 1 atom stereocenters. The van der Waals surface area contributed by atoms with Gasteiger partial charge in [0.05, 0.1) is 18.3 Å². The van der Waals surface area contributed by atoms with E-state index in [0.29, 0.717) is 19.3 Å². The SMILES string of the molecule is NCCOC1CCN(C2CCOC3(CCSCC3)C2)CC1. The van der Waals surface area contributed by atoms with Crippen molar-refractivity contribution in [3.8, 4) is 0 Å². The summed E-state index contributed by atoms with van der Waals surface area (Å²) in [5, 5.41) is 0. The Labute approximate surface area is 133 Å². The van der Waals surface area contributed by atoms with Crippen molar-refractivity contribution in [2.24, 2.45) is 5.73 Å². The molecule has 3 heterocycles. The van der Waals surface area contributed by atoms with Crippen molar-refractivity contribution in [1.29, 1.82) is 0 Å². The molecule has 0 aromatic rings. The van der Waals surface area contributed by atoms with Gasteiger partial charge in [0.2, 0.25) is 0 Å². The molecule has 0 amide bonds. The number of likely N-dealkylation sites (tertiary alicyclic amines) is 1. The van der Waals surface area contributed by atoms with Gasteiger partial charge in [-0.15, -0.1) is 0 Å². The van der Waals surface area contributed by atoms with E-state index >= 15 is 0 Å². The number of nitrogens with zero attached hydrogens (tertiary/aromatic N) is 1. The predicted molar refractivity (Wildman–Crippen MR) is 87.9 cm³/mol. The average molecular weight is 314 g/mol. The maximum Gasteiger partial charge on any atom is 0.0713 e. The predicted octanol–water partition coefficient (Wildman–Crippen LogP) is 1.87.